The molecule has 1 aliphatic rings. The van der Waals surface area contributed by atoms with E-state index in [1.54, 1.807) is 4.90 Å². The van der Waals surface area contributed by atoms with Crippen LogP contribution in [-0.4, -0.2) is 54.0 Å². The average molecular weight is 425 g/mol. The van der Waals surface area contributed by atoms with Gasteiger partial charge in [0.05, 0.1) is 13.2 Å². The molecular formula is C15H13F6N5O3. The van der Waals surface area contributed by atoms with Gasteiger partial charge in [0.15, 0.2) is 0 Å². The van der Waals surface area contributed by atoms with Crippen LogP contribution in [0.2, 0.25) is 0 Å². The fourth-order valence-electron chi connectivity index (χ4n) is 2.32. The molecule has 0 spiro atoms. The monoisotopic (exact) mass is 425 g/mol. The summed E-state index contributed by atoms with van der Waals surface area (Å²) >= 11 is 0. The lowest BCUT2D eigenvalue weighted by atomic mass is 10.3. The molecule has 0 unspecified atom stereocenters. The van der Waals surface area contributed by atoms with E-state index in [9.17, 15) is 26.3 Å². The molecule has 0 amide bonds. The quantitative estimate of drug-likeness (QED) is 0.732. The van der Waals surface area contributed by atoms with E-state index in [2.05, 4.69) is 29.7 Å². The zero-order valence-corrected chi connectivity index (χ0v) is 14.4. The molecule has 14 heteroatoms. The van der Waals surface area contributed by atoms with Crippen LogP contribution in [0.1, 0.15) is 0 Å². The Kier molecular flexibility index (Phi) is 5.81. The van der Waals surface area contributed by atoms with Crippen molar-refractivity contribution in [2.75, 3.05) is 36.5 Å². The third-order valence-corrected chi connectivity index (χ3v) is 3.45. The van der Waals surface area contributed by atoms with Gasteiger partial charge in [-0.05, 0) is 24.3 Å². The van der Waals surface area contributed by atoms with Gasteiger partial charge in [0.1, 0.15) is 5.75 Å². The van der Waals surface area contributed by atoms with Crippen LogP contribution in [0, 0.1) is 0 Å². The van der Waals surface area contributed by atoms with Crippen molar-refractivity contribution in [3.05, 3.63) is 24.3 Å². The molecule has 2 aromatic rings. The number of rotatable bonds is 5. The van der Waals surface area contributed by atoms with Gasteiger partial charge in [-0.3, -0.25) is 0 Å². The summed E-state index contributed by atoms with van der Waals surface area (Å²) in [5, 5.41) is 2.60. The zero-order valence-electron chi connectivity index (χ0n) is 14.4. The third-order valence-electron chi connectivity index (χ3n) is 3.45. The van der Waals surface area contributed by atoms with E-state index in [1.807, 2.05) is 0 Å². The van der Waals surface area contributed by atoms with Gasteiger partial charge in [0.2, 0.25) is 11.9 Å². The maximum Gasteiger partial charge on any atom is 0.575 e. The van der Waals surface area contributed by atoms with Crippen molar-refractivity contribution >= 4 is 17.6 Å². The summed E-state index contributed by atoms with van der Waals surface area (Å²) in [6.45, 7) is 1.37. The second kappa shape index (κ2) is 8.14. The average Bonchev–Trinajstić information content (AvgIpc) is 2.61. The molecule has 1 aliphatic heterocycles. The van der Waals surface area contributed by atoms with Crippen LogP contribution in [-0.2, 0) is 4.74 Å². The summed E-state index contributed by atoms with van der Waals surface area (Å²) in [6, 6.07) is 3.49. The first kappa shape index (κ1) is 20.7. The number of halogens is 6. The number of benzene rings is 1. The zero-order chi connectivity index (χ0) is 21.1. The number of nitrogens with zero attached hydrogens (tertiary/aromatic N) is 4. The number of hydrogen-bond acceptors (Lipinski definition) is 8. The van der Waals surface area contributed by atoms with Crippen LogP contribution in [0.15, 0.2) is 24.3 Å². The molecule has 1 aromatic heterocycles. The molecule has 0 radical (unpaired) electrons. The number of morpholine rings is 1. The summed E-state index contributed by atoms with van der Waals surface area (Å²) in [6.07, 6.45) is -9.86. The Morgan fingerprint density at radius 1 is 0.862 bits per heavy atom. The Bertz CT molecular complexity index is 825. The highest BCUT2D eigenvalue weighted by atomic mass is 19.4. The first-order chi connectivity index (χ1) is 13.6. The number of anilines is 3. The number of ether oxygens (including phenoxy) is 3. The van der Waals surface area contributed by atoms with E-state index in [4.69, 9.17) is 4.74 Å². The van der Waals surface area contributed by atoms with Crippen molar-refractivity contribution in [2.45, 2.75) is 12.7 Å². The predicted molar refractivity (Wildman–Crippen MR) is 85.9 cm³/mol. The number of aromatic nitrogens is 3. The maximum atomic E-state index is 12.6. The first-order valence-corrected chi connectivity index (χ1v) is 8.05. The highest BCUT2D eigenvalue weighted by Gasteiger charge is 2.34. The molecule has 0 bridgehead atoms. The second-order valence-electron chi connectivity index (χ2n) is 5.59. The van der Waals surface area contributed by atoms with Gasteiger partial charge >= 0.3 is 18.7 Å². The number of hydrogen-bond donors (Lipinski definition) is 1. The van der Waals surface area contributed by atoms with Gasteiger partial charge < -0.3 is 24.4 Å². The molecule has 8 nitrogen and oxygen atoms in total. The molecule has 0 aliphatic carbocycles. The molecular weight excluding hydrogens is 412 g/mol. The Morgan fingerprint density at radius 3 is 2.07 bits per heavy atom. The molecule has 1 saturated heterocycles. The summed E-state index contributed by atoms with van der Waals surface area (Å²) in [5.41, 5.74) is 0.205. The summed E-state index contributed by atoms with van der Waals surface area (Å²) in [4.78, 5) is 12.8. The van der Waals surface area contributed by atoms with Crippen LogP contribution in [0.3, 0.4) is 0 Å². The lowest BCUT2D eigenvalue weighted by Gasteiger charge is -2.27. The first-order valence-electron chi connectivity index (χ1n) is 8.05. The molecule has 1 aromatic carbocycles. The Morgan fingerprint density at radius 2 is 1.48 bits per heavy atom. The van der Waals surface area contributed by atoms with Crippen LogP contribution >= 0.6 is 0 Å². The van der Waals surface area contributed by atoms with Crippen LogP contribution < -0.4 is 19.7 Å². The molecule has 1 fully saturated rings. The minimum Gasteiger partial charge on any atom is -0.406 e. The number of alkyl halides is 6. The van der Waals surface area contributed by atoms with E-state index in [1.165, 1.54) is 12.1 Å². The molecule has 29 heavy (non-hydrogen) atoms. The van der Waals surface area contributed by atoms with Crippen molar-refractivity contribution in [3.63, 3.8) is 0 Å². The van der Waals surface area contributed by atoms with E-state index in [-0.39, 0.29) is 17.6 Å². The van der Waals surface area contributed by atoms with E-state index < -0.39 is 24.5 Å². The Balaban J connectivity index is 1.82. The van der Waals surface area contributed by atoms with Gasteiger partial charge in [-0.15, -0.1) is 26.3 Å². The van der Waals surface area contributed by atoms with Crippen molar-refractivity contribution < 1.29 is 40.6 Å². The lowest BCUT2D eigenvalue weighted by molar-refractivity contribution is -0.278. The van der Waals surface area contributed by atoms with Gasteiger partial charge in [-0.2, -0.15) is 15.0 Å². The lowest BCUT2D eigenvalue weighted by Crippen LogP contribution is -2.37. The highest BCUT2D eigenvalue weighted by Crippen LogP contribution is 2.27. The van der Waals surface area contributed by atoms with E-state index in [0.29, 0.717) is 26.3 Å². The fourth-order valence-corrected chi connectivity index (χ4v) is 2.32. The standard InChI is InChI=1S/C15H13F6N5O3/c16-14(17,18)28-10-3-1-9(2-4-10)22-11-23-12(26-5-7-27-8-6-26)25-13(24-11)29-15(19,20)21/h1-4H,5-8H2,(H,22,23,24,25). The maximum absolute atomic E-state index is 12.6. The summed E-state index contributed by atoms with van der Waals surface area (Å²) < 4.78 is 87.0. The normalized spacial score (nSPS) is 15.2. The van der Waals surface area contributed by atoms with Gasteiger partial charge in [0.25, 0.3) is 0 Å². The van der Waals surface area contributed by atoms with Crippen molar-refractivity contribution in [1.29, 1.82) is 0 Å². The minimum atomic E-state index is -5.02. The van der Waals surface area contributed by atoms with Crippen LogP contribution in [0.5, 0.6) is 11.8 Å². The molecule has 3 rings (SSSR count). The minimum absolute atomic E-state index is 0.0675. The molecule has 0 atom stereocenters. The largest absolute Gasteiger partial charge is 0.575 e. The topological polar surface area (TPSA) is 81.6 Å². The molecule has 2 heterocycles. The predicted octanol–water partition coefficient (Wildman–Crippen LogP) is 3.25. The SMILES string of the molecule is FC(F)(F)Oc1ccc(Nc2nc(OC(F)(F)F)nc(N3CCOCC3)n2)cc1. The van der Waals surface area contributed by atoms with Gasteiger partial charge in [-0.1, -0.05) is 0 Å². The number of nitrogens with one attached hydrogen (secondary N) is 1. The summed E-state index contributed by atoms with van der Waals surface area (Å²) in [7, 11) is 0. The fraction of sp³-hybridized carbons (Fsp3) is 0.400. The van der Waals surface area contributed by atoms with E-state index >= 15 is 0 Å². The molecule has 158 valence electrons. The smallest absolute Gasteiger partial charge is 0.406 e. The molecule has 1 N–H and O–H groups in total. The Labute approximate surface area is 159 Å². The van der Waals surface area contributed by atoms with Gasteiger partial charge in [0, 0.05) is 18.8 Å². The van der Waals surface area contributed by atoms with Crippen LogP contribution in [0.4, 0.5) is 43.9 Å². The van der Waals surface area contributed by atoms with Gasteiger partial charge in [-0.25, -0.2) is 0 Å². The van der Waals surface area contributed by atoms with Crippen LogP contribution in [0.25, 0.3) is 0 Å². The highest BCUT2D eigenvalue weighted by molar-refractivity contribution is 5.55. The van der Waals surface area contributed by atoms with E-state index in [0.717, 1.165) is 12.1 Å². The van der Waals surface area contributed by atoms with Crippen molar-refractivity contribution in [2.24, 2.45) is 0 Å². The second-order valence-corrected chi connectivity index (χ2v) is 5.59. The van der Waals surface area contributed by atoms with Crippen molar-refractivity contribution in [1.82, 2.24) is 15.0 Å². The Hall–Kier alpha value is -3.03. The summed E-state index contributed by atoms with van der Waals surface area (Å²) in [5.74, 6) is -0.818. The third kappa shape index (κ3) is 6.51. The molecule has 0 saturated carbocycles. The van der Waals surface area contributed by atoms with Crippen molar-refractivity contribution in [3.8, 4) is 11.8 Å².